The molecule has 0 aliphatic rings. The predicted octanol–water partition coefficient (Wildman–Crippen LogP) is 2.69. The third kappa shape index (κ3) is 1.85. The molecule has 0 saturated heterocycles. The van der Waals surface area contributed by atoms with Gasteiger partial charge in [-0.15, -0.1) is 0 Å². The van der Waals surface area contributed by atoms with Crippen molar-refractivity contribution >= 4 is 6.08 Å². The van der Waals surface area contributed by atoms with E-state index < -0.39 is 0 Å². The lowest BCUT2D eigenvalue weighted by atomic mass is 10.2. The van der Waals surface area contributed by atoms with Gasteiger partial charge in [0, 0.05) is 12.7 Å². The Balaban J connectivity index is 2.76. The third-order valence-electron chi connectivity index (χ3n) is 1.20. The minimum Gasteiger partial charge on any atom is -0.0622 e. The Morgan fingerprint density at radius 1 is 1.10 bits per heavy atom. The molecule has 10 heavy (non-hydrogen) atoms. The van der Waals surface area contributed by atoms with Gasteiger partial charge in [0.05, 0.1) is 6.08 Å². The molecule has 0 aromatic heterocycles. The van der Waals surface area contributed by atoms with Crippen molar-refractivity contribution in [1.82, 2.24) is 0 Å². The molecule has 0 N–H and O–H groups in total. The van der Waals surface area contributed by atoms with Crippen LogP contribution >= 0.6 is 0 Å². The first-order valence-corrected chi connectivity index (χ1v) is 3.20. The Hall–Kier alpha value is -1.39. The SMILES string of the molecule is [CH+]=C/C=C/c1ccccc1. The number of rotatable bonds is 2. The second-order valence-electron chi connectivity index (χ2n) is 1.96. The summed E-state index contributed by atoms with van der Waals surface area (Å²) in [5.74, 6) is 0. The lowest BCUT2D eigenvalue weighted by Gasteiger charge is -1.84. The molecule has 48 valence electrons. The van der Waals surface area contributed by atoms with Crippen LogP contribution in [0.1, 0.15) is 5.56 Å². The highest BCUT2D eigenvalue weighted by Gasteiger charge is 1.81. The van der Waals surface area contributed by atoms with Crippen LogP contribution < -0.4 is 0 Å². The minimum absolute atomic E-state index is 1.17. The van der Waals surface area contributed by atoms with Crippen molar-refractivity contribution in [2.45, 2.75) is 0 Å². The van der Waals surface area contributed by atoms with Gasteiger partial charge in [0.15, 0.2) is 6.08 Å². The monoisotopic (exact) mass is 129 g/mol. The quantitative estimate of drug-likeness (QED) is 0.425. The van der Waals surface area contributed by atoms with E-state index in [9.17, 15) is 0 Å². The summed E-state index contributed by atoms with van der Waals surface area (Å²) in [4.78, 5) is 0. The van der Waals surface area contributed by atoms with Gasteiger partial charge in [-0.25, -0.2) is 0 Å². The smallest absolute Gasteiger partial charge is 0.0622 e. The van der Waals surface area contributed by atoms with E-state index in [0.29, 0.717) is 0 Å². The lowest BCUT2D eigenvalue weighted by Crippen LogP contribution is -1.65. The molecule has 0 aliphatic heterocycles. The molecule has 0 aliphatic carbocycles. The molecule has 0 saturated carbocycles. The zero-order valence-electron chi connectivity index (χ0n) is 5.70. The van der Waals surface area contributed by atoms with E-state index in [1.165, 1.54) is 11.6 Å². The average Bonchev–Trinajstić information content (AvgIpc) is 2.03. The van der Waals surface area contributed by atoms with Crippen LogP contribution in [0.2, 0.25) is 0 Å². The fraction of sp³-hybridized carbons (Fsp3) is 0. The fourth-order valence-corrected chi connectivity index (χ4v) is 0.731. The molecule has 0 bridgehead atoms. The van der Waals surface area contributed by atoms with Gasteiger partial charge in [0.1, 0.15) is 0 Å². The van der Waals surface area contributed by atoms with Gasteiger partial charge in [-0.3, -0.25) is 0 Å². The molecule has 0 amide bonds. The average molecular weight is 129 g/mol. The molecule has 0 heteroatoms. The number of hydrogen-bond donors (Lipinski definition) is 0. The molecule has 0 atom stereocenters. The van der Waals surface area contributed by atoms with E-state index in [-0.39, 0.29) is 0 Å². The first kappa shape index (κ1) is 6.73. The van der Waals surface area contributed by atoms with Crippen LogP contribution in [0.5, 0.6) is 0 Å². The molecule has 1 aromatic carbocycles. The van der Waals surface area contributed by atoms with E-state index in [0.717, 1.165) is 0 Å². The Morgan fingerprint density at radius 3 is 2.40 bits per heavy atom. The molecule has 0 nitrogen and oxygen atoms in total. The maximum atomic E-state index is 5.16. The van der Waals surface area contributed by atoms with Gasteiger partial charge in [-0.1, -0.05) is 30.3 Å². The second-order valence-corrected chi connectivity index (χ2v) is 1.96. The zero-order chi connectivity index (χ0) is 7.23. The normalized spacial score (nSPS) is 9.90. The molecule has 0 unspecified atom stereocenters. The van der Waals surface area contributed by atoms with Gasteiger partial charge < -0.3 is 0 Å². The maximum absolute atomic E-state index is 5.16. The third-order valence-corrected chi connectivity index (χ3v) is 1.20. The van der Waals surface area contributed by atoms with Gasteiger partial charge >= 0.3 is 0 Å². The minimum atomic E-state index is 1.17. The zero-order valence-corrected chi connectivity index (χ0v) is 5.70. The van der Waals surface area contributed by atoms with Gasteiger partial charge in [-0.2, -0.15) is 0 Å². The van der Waals surface area contributed by atoms with Crippen molar-refractivity contribution in [1.29, 1.82) is 0 Å². The van der Waals surface area contributed by atoms with Crippen molar-refractivity contribution in [3.63, 3.8) is 0 Å². The molecule has 0 radical (unpaired) electrons. The first-order valence-electron chi connectivity index (χ1n) is 3.20. The van der Waals surface area contributed by atoms with Gasteiger partial charge in [-0.05, 0) is 5.56 Å². The second kappa shape index (κ2) is 3.60. The highest BCUT2D eigenvalue weighted by molar-refractivity contribution is 5.50. The Morgan fingerprint density at radius 2 is 1.80 bits per heavy atom. The Kier molecular flexibility index (Phi) is 2.42. The van der Waals surface area contributed by atoms with Crippen LogP contribution in [0.15, 0.2) is 42.5 Å². The van der Waals surface area contributed by atoms with Crippen LogP contribution in [-0.4, -0.2) is 0 Å². The molecule has 1 aromatic rings. The van der Waals surface area contributed by atoms with Crippen molar-refractivity contribution in [2.75, 3.05) is 0 Å². The summed E-state index contributed by atoms with van der Waals surface area (Å²) in [5.41, 5.74) is 1.17. The van der Waals surface area contributed by atoms with E-state index in [4.69, 9.17) is 6.58 Å². The summed E-state index contributed by atoms with van der Waals surface area (Å²) in [6.45, 7) is 5.16. The van der Waals surface area contributed by atoms with Gasteiger partial charge in [0.25, 0.3) is 0 Å². The van der Waals surface area contributed by atoms with Crippen molar-refractivity contribution < 1.29 is 0 Å². The van der Waals surface area contributed by atoms with Crippen molar-refractivity contribution in [3.8, 4) is 0 Å². The Labute approximate surface area is 61.5 Å². The largest absolute Gasteiger partial charge is 0.151 e. The van der Waals surface area contributed by atoms with Crippen molar-refractivity contribution in [3.05, 3.63) is 54.6 Å². The van der Waals surface area contributed by atoms with Crippen LogP contribution in [0.3, 0.4) is 0 Å². The van der Waals surface area contributed by atoms with Crippen LogP contribution in [0.25, 0.3) is 6.08 Å². The summed E-state index contributed by atoms with van der Waals surface area (Å²) < 4.78 is 0. The highest BCUT2D eigenvalue weighted by atomic mass is 13.8. The molecule has 0 heterocycles. The molecule has 0 fully saturated rings. The van der Waals surface area contributed by atoms with Gasteiger partial charge in [0.2, 0.25) is 0 Å². The van der Waals surface area contributed by atoms with E-state index in [1.54, 1.807) is 0 Å². The number of benzene rings is 1. The fourth-order valence-electron chi connectivity index (χ4n) is 0.731. The number of allylic oxidation sites excluding steroid dienone is 2. The number of hydrogen-bond acceptors (Lipinski definition) is 0. The highest BCUT2D eigenvalue weighted by Crippen LogP contribution is 1.99. The summed E-state index contributed by atoms with van der Waals surface area (Å²) in [6.07, 6.45) is 5.29. The Bertz CT molecular complexity index is 219. The van der Waals surface area contributed by atoms with E-state index in [1.807, 2.05) is 42.5 Å². The standard InChI is InChI=1S/C10H9/c1-2-3-7-10-8-5-4-6-9-10/h1-9H/q+1/b7-3+. The molecule has 0 spiro atoms. The van der Waals surface area contributed by atoms with Crippen LogP contribution in [-0.2, 0) is 0 Å². The predicted molar refractivity (Wildman–Crippen MR) is 44.3 cm³/mol. The van der Waals surface area contributed by atoms with Crippen molar-refractivity contribution in [2.24, 2.45) is 0 Å². The maximum Gasteiger partial charge on any atom is 0.151 e. The van der Waals surface area contributed by atoms with Crippen LogP contribution in [0.4, 0.5) is 0 Å². The summed E-state index contributed by atoms with van der Waals surface area (Å²) in [7, 11) is 0. The lowest BCUT2D eigenvalue weighted by molar-refractivity contribution is 1.66. The summed E-state index contributed by atoms with van der Waals surface area (Å²) >= 11 is 0. The van der Waals surface area contributed by atoms with E-state index >= 15 is 0 Å². The molecular formula is C10H9+. The topological polar surface area (TPSA) is 0 Å². The van der Waals surface area contributed by atoms with E-state index in [2.05, 4.69) is 0 Å². The van der Waals surface area contributed by atoms with Crippen LogP contribution in [0, 0.1) is 6.58 Å². The molecule has 1 rings (SSSR count). The summed E-state index contributed by atoms with van der Waals surface area (Å²) in [5, 5.41) is 0. The molecular weight excluding hydrogens is 120 g/mol. The first-order chi connectivity index (χ1) is 4.93. The summed E-state index contributed by atoms with van der Waals surface area (Å²) in [6, 6.07) is 10.0.